The summed E-state index contributed by atoms with van der Waals surface area (Å²) in [6.07, 6.45) is 2.67. The average Bonchev–Trinajstić information content (AvgIpc) is 2.96. The molecule has 1 heterocycles. The Bertz CT molecular complexity index is 686. The minimum atomic E-state index is -0.988. The zero-order valence-electron chi connectivity index (χ0n) is 10.5. The van der Waals surface area contributed by atoms with Gasteiger partial charge < -0.3 is 9.73 Å². The Morgan fingerprint density at radius 3 is 2.76 bits per heavy atom. The highest BCUT2D eigenvalue weighted by Gasteiger charge is 2.13. The smallest absolute Gasteiger partial charge is 0.329 e. The lowest BCUT2D eigenvalue weighted by atomic mass is 10.3. The Hall–Kier alpha value is -2.67. The van der Waals surface area contributed by atoms with Crippen LogP contribution < -0.4 is 10.7 Å². The van der Waals surface area contributed by atoms with Crippen LogP contribution in [0, 0.1) is 5.82 Å². The first-order chi connectivity index (χ1) is 10.1. The fourth-order valence-corrected chi connectivity index (χ4v) is 1.51. The molecule has 0 fully saturated rings. The molecule has 108 valence electrons. The van der Waals surface area contributed by atoms with Crippen LogP contribution in [0.1, 0.15) is 5.76 Å². The minimum Gasteiger partial charge on any atom is -0.463 e. The summed E-state index contributed by atoms with van der Waals surface area (Å²) in [5, 5.41) is 5.63. The van der Waals surface area contributed by atoms with Crippen LogP contribution in [0.4, 0.5) is 10.1 Å². The van der Waals surface area contributed by atoms with Crippen LogP contribution >= 0.6 is 11.6 Å². The standard InChI is InChI=1S/C13H9ClFN3O3/c14-10-6-8(3-4-11(10)15)17-12(19)13(20)18-16-7-9-2-1-5-21-9/h1-7H,(H,17,19)(H,18,20). The molecule has 2 aromatic rings. The van der Waals surface area contributed by atoms with E-state index < -0.39 is 17.6 Å². The highest BCUT2D eigenvalue weighted by atomic mass is 35.5. The van der Waals surface area contributed by atoms with Gasteiger partial charge in [-0.1, -0.05) is 11.6 Å². The zero-order chi connectivity index (χ0) is 15.2. The Morgan fingerprint density at radius 2 is 2.10 bits per heavy atom. The number of hydrogen-bond acceptors (Lipinski definition) is 4. The highest BCUT2D eigenvalue weighted by molar-refractivity contribution is 6.39. The molecule has 1 aromatic heterocycles. The maximum absolute atomic E-state index is 12.9. The Labute approximate surface area is 123 Å². The third-order valence-corrected chi connectivity index (χ3v) is 2.57. The second kappa shape index (κ2) is 6.67. The van der Waals surface area contributed by atoms with Crippen molar-refractivity contribution in [3.8, 4) is 0 Å². The van der Waals surface area contributed by atoms with Gasteiger partial charge in [0.25, 0.3) is 0 Å². The summed E-state index contributed by atoms with van der Waals surface area (Å²) in [5.41, 5.74) is 2.21. The monoisotopic (exact) mass is 309 g/mol. The molecule has 0 spiro atoms. The summed E-state index contributed by atoms with van der Waals surface area (Å²) in [6, 6.07) is 6.81. The van der Waals surface area contributed by atoms with Gasteiger partial charge in [0.1, 0.15) is 11.6 Å². The Balaban J connectivity index is 1.90. The van der Waals surface area contributed by atoms with Crippen LogP contribution in [0.2, 0.25) is 5.02 Å². The average molecular weight is 310 g/mol. The van der Waals surface area contributed by atoms with Gasteiger partial charge in [-0.15, -0.1) is 0 Å². The van der Waals surface area contributed by atoms with E-state index in [-0.39, 0.29) is 10.7 Å². The number of anilines is 1. The third kappa shape index (κ3) is 4.15. The number of hydrazone groups is 1. The summed E-state index contributed by atoms with van der Waals surface area (Å²) in [4.78, 5) is 23.0. The first-order valence-electron chi connectivity index (χ1n) is 5.69. The van der Waals surface area contributed by atoms with E-state index in [0.29, 0.717) is 5.76 Å². The summed E-state index contributed by atoms with van der Waals surface area (Å²) < 4.78 is 17.9. The summed E-state index contributed by atoms with van der Waals surface area (Å²) >= 11 is 5.56. The topological polar surface area (TPSA) is 83.7 Å². The number of rotatable bonds is 3. The number of benzene rings is 1. The van der Waals surface area contributed by atoms with Gasteiger partial charge in [0.2, 0.25) is 0 Å². The van der Waals surface area contributed by atoms with Crippen molar-refractivity contribution in [1.82, 2.24) is 5.43 Å². The fourth-order valence-electron chi connectivity index (χ4n) is 1.33. The van der Waals surface area contributed by atoms with E-state index in [2.05, 4.69) is 10.4 Å². The van der Waals surface area contributed by atoms with Crippen molar-refractivity contribution >= 4 is 35.3 Å². The predicted octanol–water partition coefficient (Wildman–Crippen LogP) is 2.16. The fraction of sp³-hybridized carbons (Fsp3) is 0. The van der Waals surface area contributed by atoms with Crippen LogP contribution in [-0.2, 0) is 9.59 Å². The van der Waals surface area contributed by atoms with Gasteiger partial charge >= 0.3 is 11.8 Å². The van der Waals surface area contributed by atoms with E-state index >= 15 is 0 Å². The largest absolute Gasteiger partial charge is 0.463 e. The quantitative estimate of drug-likeness (QED) is 0.518. The number of amides is 2. The molecular weight excluding hydrogens is 301 g/mol. The number of furan rings is 1. The summed E-state index contributed by atoms with van der Waals surface area (Å²) in [6.45, 7) is 0. The van der Waals surface area contributed by atoms with Crippen LogP contribution in [0.15, 0.2) is 46.1 Å². The molecule has 0 saturated carbocycles. The molecule has 0 aliphatic heterocycles. The number of hydrogen-bond donors (Lipinski definition) is 2. The molecule has 0 saturated heterocycles. The van der Waals surface area contributed by atoms with Crippen molar-refractivity contribution in [3.63, 3.8) is 0 Å². The van der Waals surface area contributed by atoms with Gasteiger partial charge in [0, 0.05) is 5.69 Å². The first kappa shape index (κ1) is 14.7. The van der Waals surface area contributed by atoms with E-state index in [9.17, 15) is 14.0 Å². The van der Waals surface area contributed by atoms with Crippen molar-refractivity contribution in [2.24, 2.45) is 5.10 Å². The molecule has 2 rings (SSSR count). The molecule has 8 heteroatoms. The predicted molar refractivity (Wildman–Crippen MR) is 74.5 cm³/mol. The molecule has 0 atom stereocenters. The van der Waals surface area contributed by atoms with Crippen molar-refractivity contribution in [2.75, 3.05) is 5.32 Å². The first-order valence-corrected chi connectivity index (χ1v) is 6.07. The van der Waals surface area contributed by atoms with Crippen molar-refractivity contribution in [2.45, 2.75) is 0 Å². The molecule has 21 heavy (non-hydrogen) atoms. The number of nitrogens with one attached hydrogen (secondary N) is 2. The van der Waals surface area contributed by atoms with Crippen LogP contribution in [0.3, 0.4) is 0 Å². The zero-order valence-corrected chi connectivity index (χ0v) is 11.2. The van der Waals surface area contributed by atoms with E-state index in [1.165, 1.54) is 24.6 Å². The molecule has 0 radical (unpaired) electrons. The number of carbonyl (C=O) groups is 2. The lowest BCUT2D eigenvalue weighted by Crippen LogP contribution is -2.32. The number of halogens is 2. The van der Waals surface area contributed by atoms with E-state index in [1.54, 1.807) is 12.1 Å². The van der Waals surface area contributed by atoms with Crippen molar-refractivity contribution in [3.05, 3.63) is 53.2 Å². The van der Waals surface area contributed by atoms with E-state index in [1.807, 2.05) is 5.43 Å². The Kier molecular flexibility index (Phi) is 4.68. The van der Waals surface area contributed by atoms with Crippen LogP contribution in [-0.4, -0.2) is 18.0 Å². The maximum Gasteiger partial charge on any atom is 0.329 e. The Morgan fingerprint density at radius 1 is 1.29 bits per heavy atom. The van der Waals surface area contributed by atoms with Crippen molar-refractivity contribution in [1.29, 1.82) is 0 Å². The highest BCUT2D eigenvalue weighted by Crippen LogP contribution is 2.19. The maximum atomic E-state index is 12.9. The van der Waals surface area contributed by atoms with Crippen LogP contribution in [0.5, 0.6) is 0 Å². The molecule has 2 amide bonds. The van der Waals surface area contributed by atoms with E-state index in [0.717, 1.165) is 6.07 Å². The lowest BCUT2D eigenvalue weighted by Gasteiger charge is -2.04. The van der Waals surface area contributed by atoms with Crippen molar-refractivity contribution < 1.29 is 18.4 Å². The van der Waals surface area contributed by atoms with Gasteiger partial charge in [-0.3, -0.25) is 9.59 Å². The summed E-state index contributed by atoms with van der Waals surface area (Å²) in [7, 11) is 0. The van der Waals surface area contributed by atoms with E-state index in [4.69, 9.17) is 16.0 Å². The van der Waals surface area contributed by atoms with Gasteiger partial charge in [-0.2, -0.15) is 5.10 Å². The second-order valence-electron chi connectivity index (χ2n) is 3.80. The molecule has 0 aliphatic rings. The molecule has 1 aromatic carbocycles. The lowest BCUT2D eigenvalue weighted by molar-refractivity contribution is -0.136. The molecule has 0 bridgehead atoms. The molecular formula is C13H9ClFN3O3. The second-order valence-corrected chi connectivity index (χ2v) is 4.20. The number of nitrogens with zero attached hydrogens (tertiary/aromatic N) is 1. The molecule has 0 aliphatic carbocycles. The van der Waals surface area contributed by atoms with Crippen LogP contribution in [0.25, 0.3) is 0 Å². The van der Waals surface area contributed by atoms with Gasteiger partial charge in [-0.05, 0) is 30.3 Å². The molecule has 0 unspecified atom stereocenters. The summed E-state index contributed by atoms with van der Waals surface area (Å²) in [5.74, 6) is -2.16. The SMILES string of the molecule is O=C(NN=Cc1ccco1)C(=O)Nc1ccc(F)c(Cl)c1. The molecule has 6 nitrogen and oxygen atoms in total. The van der Waals surface area contributed by atoms with Gasteiger partial charge in [0.05, 0.1) is 17.5 Å². The normalized spacial score (nSPS) is 10.6. The number of carbonyl (C=O) groups excluding carboxylic acids is 2. The molecule has 2 N–H and O–H groups in total. The third-order valence-electron chi connectivity index (χ3n) is 2.28. The van der Waals surface area contributed by atoms with Gasteiger partial charge in [-0.25, -0.2) is 9.82 Å². The van der Waals surface area contributed by atoms with Gasteiger partial charge in [0.15, 0.2) is 0 Å². The minimum absolute atomic E-state index is 0.163.